The molecule has 7 nitrogen and oxygen atoms in total. The summed E-state index contributed by atoms with van der Waals surface area (Å²) in [5, 5.41) is -0.0166. The van der Waals surface area contributed by atoms with Gasteiger partial charge in [0.1, 0.15) is 17.4 Å². The molecule has 1 amide bonds. The third-order valence-corrected chi connectivity index (χ3v) is 4.99. The monoisotopic (exact) mass is 466 g/mol. The molecule has 3 rings (SSSR count). The van der Waals surface area contributed by atoms with Gasteiger partial charge in [-0.15, -0.1) is 0 Å². The molecule has 1 aromatic carbocycles. The van der Waals surface area contributed by atoms with Gasteiger partial charge in [0.25, 0.3) is 5.56 Å². The number of pyridine rings is 1. The number of halogens is 4. The minimum absolute atomic E-state index is 0.00455. The minimum Gasteiger partial charge on any atom is -0.433 e. The van der Waals surface area contributed by atoms with Gasteiger partial charge in [-0.3, -0.25) is 14.6 Å². The van der Waals surface area contributed by atoms with Crippen LogP contribution in [0.3, 0.4) is 0 Å². The van der Waals surface area contributed by atoms with Crippen LogP contribution >= 0.6 is 11.6 Å². The molecule has 3 aromatic rings. The summed E-state index contributed by atoms with van der Waals surface area (Å²) in [5.74, 6) is -1.70. The van der Waals surface area contributed by atoms with Crippen molar-refractivity contribution in [1.29, 1.82) is 0 Å². The number of amides is 1. The van der Waals surface area contributed by atoms with E-state index in [1.165, 1.54) is 24.3 Å². The zero-order chi connectivity index (χ0) is 23.6. The number of nitrogens with one attached hydrogen (secondary N) is 1. The molecule has 32 heavy (non-hydrogen) atoms. The zero-order valence-corrected chi connectivity index (χ0v) is 17.7. The third-order valence-electron chi connectivity index (χ3n) is 4.67. The third kappa shape index (κ3) is 5.08. The van der Waals surface area contributed by atoms with Crippen LogP contribution in [0.15, 0.2) is 41.3 Å². The van der Waals surface area contributed by atoms with E-state index in [4.69, 9.17) is 17.3 Å². The molecule has 0 bridgehead atoms. The van der Waals surface area contributed by atoms with E-state index >= 15 is 4.39 Å². The summed E-state index contributed by atoms with van der Waals surface area (Å²) in [7, 11) is 0. The number of hydrogen-bond donors (Lipinski definition) is 2. The van der Waals surface area contributed by atoms with Gasteiger partial charge in [-0.25, -0.2) is 9.37 Å². The second-order valence-electron chi connectivity index (χ2n) is 7.56. The molecule has 0 spiro atoms. The maximum absolute atomic E-state index is 15.4. The van der Waals surface area contributed by atoms with Crippen LogP contribution in [0, 0.1) is 11.2 Å². The van der Waals surface area contributed by atoms with Crippen LogP contribution in [0.1, 0.15) is 19.4 Å². The molecule has 11 heteroatoms. The number of carbonyl (C=O) groups excluding carboxylic acids is 1. The number of nitrogens with two attached hydrogens (primary N) is 1. The van der Waals surface area contributed by atoms with Gasteiger partial charge in [0.2, 0.25) is 5.91 Å². The molecule has 0 saturated carbocycles. The van der Waals surface area contributed by atoms with E-state index in [-0.39, 0.29) is 45.5 Å². The van der Waals surface area contributed by atoms with Gasteiger partial charge in [-0.05, 0) is 30.2 Å². The molecule has 0 radical (unpaired) electrons. The molecular weight excluding hydrogens is 449 g/mol. The van der Waals surface area contributed by atoms with E-state index < -0.39 is 29.3 Å². The fourth-order valence-corrected chi connectivity index (χ4v) is 3.16. The van der Waals surface area contributed by atoms with Crippen molar-refractivity contribution in [2.75, 3.05) is 0 Å². The number of aromatic amines is 1. The lowest BCUT2D eigenvalue weighted by atomic mass is 9.84. The summed E-state index contributed by atoms with van der Waals surface area (Å²) in [4.78, 5) is 34.5. The van der Waals surface area contributed by atoms with Gasteiger partial charge >= 0.3 is 6.61 Å². The lowest BCUT2D eigenvalue weighted by Gasteiger charge is -2.21. The highest BCUT2D eigenvalue weighted by Crippen LogP contribution is 2.33. The number of carbonyl (C=O) groups is 1. The molecule has 0 aliphatic rings. The number of alkyl halides is 2. The van der Waals surface area contributed by atoms with Gasteiger partial charge in [0.15, 0.2) is 0 Å². The smallest absolute Gasteiger partial charge is 0.387 e. The summed E-state index contributed by atoms with van der Waals surface area (Å²) in [6, 6.07) is 6.53. The van der Waals surface area contributed by atoms with Crippen molar-refractivity contribution in [3.8, 4) is 28.5 Å². The van der Waals surface area contributed by atoms with E-state index in [0.717, 1.165) is 12.3 Å². The molecule has 0 fully saturated rings. The first-order valence-electron chi connectivity index (χ1n) is 9.27. The molecule has 0 saturated heterocycles. The molecular formula is C21H18ClF3N4O3. The topological polar surface area (TPSA) is 111 Å². The molecule has 2 heterocycles. The standard InChI is InChI=1S/C21H18ClF3N4O3/c1-21(2,19(26)31)8-10-3-5-12(22)16(17(10)23)18-28-14(7-15(30)29-18)13-6-4-11(9-27-13)32-20(24)25/h3-7,9,20H,8H2,1-2H3,(H2,26,31)(H,28,29,30). The van der Waals surface area contributed by atoms with Crippen molar-refractivity contribution in [2.24, 2.45) is 11.1 Å². The van der Waals surface area contributed by atoms with Crippen LogP contribution in [0.25, 0.3) is 22.8 Å². The molecule has 3 N–H and O–H groups in total. The van der Waals surface area contributed by atoms with Crippen molar-refractivity contribution in [3.05, 3.63) is 63.3 Å². The Kier molecular flexibility index (Phi) is 6.54. The number of hydrogen-bond acceptors (Lipinski definition) is 5. The quantitative estimate of drug-likeness (QED) is 0.547. The number of ether oxygens (including phenoxy) is 1. The van der Waals surface area contributed by atoms with Gasteiger partial charge < -0.3 is 15.5 Å². The lowest BCUT2D eigenvalue weighted by Crippen LogP contribution is -2.33. The highest BCUT2D eigenvalue weighted by atomic mass is 35.5. The van der Waals surface area contributed by atoms with Crippen LogP contribution < -0.4 is 16.0 Å². The maximum Gasteiger partial charge on any atom is 0.387 e. The number of rotatable bonds is 7. The SMILES string of the molecule is CC(C)(Cc1ccc(Cl)c(-c2nc(-c3ccc(OC(F)F)cn3)cc(=O)[nH]2)c1F)C(N)=O. The number of benzene rings is 1. The Labute approximate surface area is 185 Å². The Hall–Kier alpha value is -3.40. The first-order chi connectivity index (χ1) is 15.0. The number of primary amides is 1. The van der Waals surface area contributed by atoms with Crippen LogP contribution in [0.2, 0.25) is 5.02 Å². The van der Waals surface area contributed by atoms with E-state index in [1.807, 2.05) is 0 Å². The predicted molar refractivity (Wildman–Crippen MR) is 112 cm³/mol. The Bertz CT molecular complexity index is 1210. The van der Waals surface area contributed by atoms with Crippen molar-refractivity contribution in [3.63, 3.8) is 0 Å². The van der Waals surface area contributed by atoms with Crippen molar-refractivity contribution in [2.45, 2.75) is 26.9 Å². The molecule has 0 atom stereocenters. The number of H-pyrrole nitrogens is 1. The van der Waals surface area contributed by atoms with E-state index in [9.17, 15) is 18.4 Å². The molecule has 0 aliphatic heterocycles. The molecule has 0 unspecified atom stereocenters. The summed E-state index contributed by atoms with van der Waals surface area (Å²) in [6.45, 7) is 0.150. The second kappa shape index (κ2) is 8.99. The first-order valence-corrected chi connectivity index (χ1v) is 9.65. The molecule has 0 aliphatic carbocycles. The predicted octanol–water partition coefficient (Wildman–Crippen LogP) is 3.95. The fraction of sp³-hybridized carbons (Fsp3) is 0.238. The average molecular weight is 467 g/mol. The summed E-state index contributed by atoms with van der Waals surface area (Å²) in [6.07, 6.45) is 1.04. The Morgan fingerprint density at radius 3 is 2.56 bits per heavy atom. The van der Waals surface area contributed by atoms with Crippen LogP contribution in [0.4, 0.5) is 13.2 Å². The van der Waals surface area contributed by atoms with Crippen LogP contribution in [-0.4, -0.2) is 27.5 Å². The van der Waals surface area contributed by atoms with Crippen LogP contribution in [-0.2, 0) is 11.2 Å². The van der Waals surface area contributed by atoms with E-state index in [0.29, 0.717) is 0 Å². The summed E-state index contributed by atoms with van der Waals surface area (Å²) < 4.78 is 44.2. The molecule has 168 valence electrons. The van der Waals surface area contributed by atoms with Gasteiger partial charge in [0, 0.05) is 11.5 Å². The van der Waals surface area contributed by atoms with Gasteiger partial charge in [0.05, 0.1) is 28.2 Å². The summed E-state index contributed by atoms with van der Waals surface area (Å²) >= 11 is 6.19. The van der Waals surface area contributed by atoms with Crippen molar-refractivity contribution >= 4 is 17.5 Å². The van der Waals surface area contributed by atoms with Crippen molar-refractivity contribution < 1.29 is 22.7 Å². The minimum atomic E-state index is -3.01. The Balaban J connectivity index is 2.06. The zero-order valence-electron chi connectivity index (χ0n) is 17.0. The van der Waals surface area contributed by atoms with Crippen LogP contribution in [0.5, 0.6) is 5.75 Å². The van der Waals surface area contributed by atoms with E-state index in [2.05, 4.69) is 19.7 Å². The Morgan fingerprint density at radius 1 is 1.25 bits per heavy atom. The van der Waals surface area contributed by atoms with Gasteiger partial charge in [-0.1, -0.05) is 31.5 Å². The highest BCUT2D eigenvalue weighted by molar-refractivity contribution is 6.33. The van der Waals surface area contributed by atoms with E-state index in [1.54, 1.807) is 13.8 Å². The van der Waals surface area contributed by atoms with Crippen molar-refractivity contribution in [1.82, 2.24) is 15.0 Å². The maximum atomic E-state index is 15.4. The molecule has 2 aromatic heterocycles. The average Bonchev–Trinajstić information content (AvgIpc) is 2.70. The largest absolute Gasteiger partial charge is 0.433 e. The number of nitrogens with zero attached hydrogens (tertiary/aromatic N) is 2. The second-order valence-corrected chi connectivity index (χ2v) is 7.96. The summed E-state index contributed by atoms with van der Waals surface area (Å²) in [5.41, 5.74) is 3.97. The highest BCUT2D eigenvalue weighted by Gasteiger charge is 2.28. The number of aromatic nitrogens is 3. The fourth-order valence-electron chi connectivity index (χ4n) is 2.92. The first kappa shape index (κ1) is 23.3. The van der Waals surface area contributed by atoms with Gasteiger partial charge in [-0.2, -0.15) is 8.78 Å². The normalized spacial score (nSPS) is 11.6. The Morgan fingerprint density at radius 2 is 1.97 bits per heavy atom. The lowest BCUT2D eigenvalue weighted by molar-refractivity contribution is -0.125.